The van der Waals surface area contributed by atoms with E-state index in [2.05, 4.69) is 32.1 Å². The van der Waals surface area contributed by atoms with Gasteiger partial charge in [-0.2, -0.15) is 13.2 Å². The molecule has 396 valence electrons. The molecule has 11 rings (SSSR count). The van der Waals surface area contributed by atoms with E-state index in [0.717, 1.165) is 33.6 Å². The zero-order valence-corrected chi connectivity index (χ0v) is 43.2. The number of alkyl halides is 5. The predicted molar refractivity (Wildman–Crippen MR) is 280 cm³/mol. The molecule has 2 aromatic heterocycles. The number of nitrogens with one attached hydrogen (secondary N) is 1. The number of nitrogens with zero attached hydrogens (tertiary/aromatic N) is 5. The van der Waals surface area contributed by atoms with Crippen LogP contribution in [0.2, 0.25) is 0 Å². The number of fused-ring (bicyclic) bond motifs is 1. The van der Waals surface area contributed by atoms with Crippen LogP contribution in [-0.4, -0.2) is 72.3 Å². The lowest BCUT2D eigenvalue weighted by molar-refractivity contribution is -0.137. The van der Waals surface area contributed by atoms with Gasteiger partial charge in [0.15, 0.2) is 0 Å². The fourth-order valence-corrected chi connectivity index (χ4v) is 12.3. The summed E-state index contributed by atoms with van der Waals surface area (Å²) in [7, 11) is 4.76. The molecule has 16 heteroatoms. The van der Waals surface area contributed by atoms with Gasteiger partial charge in [0, 0.05) is 67.4 Å². The summed E-state index contributed by atoms with van der Waals surface area (Å²) in [5.74, 6) is -0.803. The van der Waals surface area contributed by atoms with Crippen molar-refractivity contribution in [2.24, 2.45) is 5.41 Å². The Bertz CT molecular complexity index is 3240. The summed E-state index contributed by atoms with van der Waals surface area (Å²) in [5, 5.41) is 4.24. The van der Waals surface area contributed by atoms with Crippen molar-refractivity contribution in [1.29, 1.82) is 0 Å². The third kappa shape index (κ3) is 9.51. The van der Waals surface area contributed by atoms with Crippen LogP contribution in [0, 0.1) is 18.2 Å². The van der Waals surface area contributed by atoms with Crippen LogP contribution in [-0.2, 0) is 32.2 Å². The molecule has 5 aromatic carbocycles. The van der Waals surface area contributed by atoms with Gasteiger partial charge in [0.05, 0.1) is 43.5 Å². The highest BCUT2D eigenvalue weighted by atomic mass is 19.4. The first-order valence-electron chi connectivity index (χ1n) is 25.8. The maximum Gasteiger partial charge on any atom is 0.418 e. The minimum atomic E-state index is -4.91. The predicted octanol–water partition coefficient (Wildman–Crippen LogP) is 13.5. The summed E-state index contributed by atoms with van der Waals surface area (Å²) in [6, 6.07) is 29.1. The lowest BCUT2D eigenvalue weighted by Gasteiger charge is -2.47. The van der Waals surface area contributed by atoms with E-state index in [9.17, 15) is 8.78 Å². The van der Waals surface area contributed by atoms with Gasteiger partial charge in [-0.15, -0.1) is 0 Å². The number of hydrogen-bond acceptors (Lipinski definition) is 10. The highest BCUT2D eigenvalue weighted by molar-refractivity contribution is 5.96. The molecule has 7 aromatic rings. The average molecular weight is 1040 g/mol. The number of benzene rings is 5. The Morgan fingerprint density at radius 3 is 2.03 bits per heavy atom. The van der Waals surface area contributed by atoms with Crippen molar-refractivity contribution >= 4 is 22.4 Å². The lowest BCUT2D eigenvalue weighted by atomic mass is 9.79. The highest BCUT2D eigenvalue weighted by Crippen LogP contribution is 2.70. The smallest absolute Gasteiger partial charge is 0.418 e. The first-order chi connectivity index (χ1) is 36.5. The fraction of sp³-hybridized carbons (Fsp3) is 0.383. The van der Waals surface area contributed by atoms with Gasteiger partial charge < -0.3 is 29.2 Å². The summed E-state index contributed by atoms with van der Waals surface area (Å²) in [4.78, 5) is 17.7. The normalized spacial score (nSPS) is 20.9. The zero-order valence-electron chi connectivity index (χ0n) is 43.2. The van der Waals surface area contributed by atoms with Gasteiger partial charge in [-0.3, -0.25) is 4.90 Å². The summed E-state index contributed by atoms with van der Waals surface area (Å²) < 4.78 is 118. The molecule has 2 saturated heterocycles. The fourth-order valence-electron chi connectivity index (χ4n) is 12.3. The quantitative estimate of drug-likeness (QED) is 0.0889. The molecule has 0 radical (unpaired) electrons. The molecule has 0 bridgehead atoms. The Hall–Kier alpha value is -7.07. The van der Waals surface area contributed by atoms with Gasteiger partial charge in [0.2, 0.25) is 0 Å². The van der Waals surface area contributed by atoms with Gasteiger partial charge >= 0.3 is 6.18 Å². The summed E-state index contributed by atoms with van der Waals surface area (Å²) in [5.41, 5.74) is 1.52. The van der Waals surface area contributed by atoms with E-state index in [1.54, 1.807) is 39.7 Å². The van der Waals surface area contributed by atoms with Crippen molar-refractivity contribution in [3.05, 3.63) is 160 Å². The molecule has 1 saturated carbocycles. The molecular formula is C60H60F6N6O4. The van der Waals surface area contributed by atoms with E-state index in [4.69, 9.17) is 18.9 Å². The molecule has 2 aliphatic heterocycles. The van der Waals surface area contributed by atoms with E-state index in [1.807, 2.05) is 83.8 Å². The Kier molecular flexibility index (Phi) is 13.3. The molecule has 10 nitrogen and oxygen atoms in total. The molecule has 0 amide bonds. The largest absolute Gasteiger partial charge is 0.497 e. The van der Waals surface area contributed by atoms with Crippen LogP contribution >= 0.6 is 0 Å². The number of ether oxygens (including phenoxy) is 4. The van der Waals surface area contributed by atoms with E-state index in [-0.39, 0.29) is 66.0 Å². The number of aromatic nitrogens is 3. The van der Waals surface area contributed by atoms with E-state index in [1.165, 1.54) is 19.3 Å². The van der Waals surface area contributed by atoms with Crippen LogP contribution in [0.15, 0.2) is 110 Å². The SMILES string of the molecule is COc1ccc(CNc2ncncc2[C@H](C)C2CCCc3cc(-c4cc(N(Cc5ccc(OC)cc5)Cc5ccc(OC)cc5)nc(C)c4C(F)(F)F)c(F)c4cc(OC[C@@]56CCN5C[C@]5(CC5(F)F)C6)cc2c34)cc1. The van der Waals surface area contributed by atoms with E-state index in [0.29, 0.717) is 85.8 Å². The number of anilines is 2. The molecule has 1 N–H and O–H groups in total. The summed E-state index contributed by atoms with van der Waals surface area (Å²) >= 11 is 0. The van der Waals surface area contributed by atoms with Crippen LogP contribution in [0.1, 0.15) is 95.5 Å². The number of halogens is 6. The monoisotopic (exact) mass is 1040 g/mol. The molecule has 4 heterocycles. The van der Waals surface area contributed by atoms with E-state index < -0.39 is 34.4 Å². The Morgan fingerprint density at radius 2 is 1.45 bits per heavy atom. The number of aryl methyl sites for hydroxylation is 2. The third-order valence-electron chi connectivity index (χ3n) is 16.6. The Labute approximate surface area is 438 Å². The van der Waals surface area contributed by atoms with Crippen LogP contribution in [0.4, 0.5) is 38.0 Å². The number of rotatable bonds is 17. The van der Waals surface area contributed by atoms with Crippen LogP contribution < -0.4 is 29.2 Å². The zero-order chi connectivity index (χ0) is 53.1. The topological polar surface area (TPSA) is 94.1 Å². The first kappa shape index (κ1) is 51.1. The highest BCUT2D eigenvalue weighted by Gasteiger charge is 2.78. The van der Waals surface area contributed by atoms with Crippen molar-refractivity contribution in [2.45, 2.75) is 101 Å². The first-order valence-corrected chi connectivity index (χ1v) is 25.8. The van der Waals surface area contributed by atoms with E-state index >= 15 is 17.6 Å². The minimum absolute atomic E-state index is 0.111. The Balaban J connectivity index is 1.03. The lowest BCUT2D eigenvalue weighted by Crippen LogP contribution is -2.58. The van der Waals surface area contributed by atoms with Gasteiger partial charge in [-0.05, 0) is 145 Å². The van der Waals surface area contributed by atoms with Crippen molar-refractivity contribution in [2.75, 3.05) is 51.2 Å². The second-order valence-corrected chi connectivity index (χ2v) is 21.2. The second-order valence-electron chi connectivity index (χ2n) is 21.2. The van der Waals surface area contributed by atoms with Crippen molar-refractivity contribution in [3.8, 4) is 34.1 Å². The number of hydrogen-bond donors (Lipinski definition) is 1. The van der Waals surface area contributed by atoms with Crippen LogP contribution in [0.5, 0.6) is 23.0 Å². The van der Waals surface area contributed by atoms with Crippen molar-refractivity contribution in [3.63, 3.8) is 0 Å². The molecular weight excluding hydrogens is 983 g/mol. The van der Waals surface area contributed by atoms with Gasteiger partial charge in [-0.1, -0.05) is 43.3 Å². The maximum absolute atomic E-state index is 18.4. The Morgan fingerprint density at radius 1 is 0.816 bits per heavy atom. The maximum atomic E-state index is 18.4. The molecule has 4 aliphatic rings. The average Bonchev–Trinajstić information content (AvgIpc) is 4.19. The van der Waals surface area contributed by atoms with Crippen LogP contribution in [0.3, 0.4) is 0 Å². The molecule has 1 unspecified atom stereocenters. The van der Waals surface area contributed by atoms with Crippen molar-refractivity contribution < 1.29 is 45.3 Å². The second kappa shape index (κ2) is 19.8. The van der Waals surface area contributed by atoms with Gasteiger partial charge in [-0.25, -0.2) is 28.1 Å². The minimum Gasteiger partial charge on any atom is -0.497 e. The molecule has 76 heavy (non-hydrogen) atoms. The summed E-state index contributed by atoms with van der Waals surface area (Å²) in [6.07, 6.45) is 0.962. The molecule has 4 atom stereocenters. The number of pyridine rings is 1. The summed E-state index contributed by atoms with van der Waals surface area (Å²) in [6.45, 7) is 5.49. The van der Waals surface area contributed by atoms with Crippen molar-refractivity contribution in [1.82, 2.24) is 19.9 Å². The van der Waals surface area contributed by atoms with Gasteiger partial charge in [0.25, 0.3) is 5.92 Å². The standard InChI is InChI=1S/C60H60F6N6O4/c1-36(51-28-67-35-69-56(51)68-27-38-9-15-42(73-3)16-10-38)46-8-6-7-41-23-49(55(61)50-25-45(24-47(46)53(41)50)76-34-58-21-22-72(58)33-57(31-58)32-59(57,62)63)48-26-52(70-37(2)54(48)60(64,65)66)71(29-39-11-17-43(74-4)18-12-39)30-40-13-19-44(75-5)20-14-40/h9-20,23-26,28,35-36,46H,6-8,21-22,27,29-34H2,1-5H3,(H,67,68,69)/t36-,46?,57-,58+/m1/s1. The molecule has 2 aliphatic carbocycles. The third-order valence-corrected chi connectivity index (χ3v) is 16.6. The molecule has 3 fully saturated rings. The van der Waals surface area contributed by atoms with Gasteiger partial charge in [0.1, 0.15) is 53.4 Å². The molecule has 1 spiro atoms. The number of methoxy groups -OCH3 is 3. The van der Waals surface area contributed by atoms with Crippen LogP contribution in [0.25, 0.3) is 21.9 Å².